The van der Waals surface area contributed by atoms with Gasteiger partial charge in [0.05, 0.1) is 11.1 Å². The van der Waals surface area contributed by atoms with Gasteiger partial charge in [-0.15, -0.1) is 0 Å². The van der Waals surface area contributed by atoms with Crippen LogP contribution in [0.2, 0.25) is 10.0 Å². The van der Waals surface area contributed by atoms with Crippen molar-refractivity contribution in [3.05, 3.63) is 91.9 Å². The minimum Gasteiger partial charge on any atom is -0.490 e. The van der Waals surface area contributed by atoms with Crippen molar-refractivity contribution in [2.45, 2.75) is 26.5 Å². The van der Waals surface area contributed by atoms with Crippen LogP contribution in [-0.2, 0) is 19.6 Å². The fourth-order valence-corrected chi connectivity index (χ4v) is 4.16. The number of hydrogen-bond acceptors (Lipinski definition) is 3. The molecular weight excluding hydrogens is 485 g/mol. The van der Waals surface area contributed by atoms with Crippen molar-refractivity contribution < 1.29 is 9.47 Å². The third-order valence-corrected chi connectivity index (χ3v) is 5.85. The number of ether oxygens (including phenoxy) is 2. The van der Waals surface area contributed by atoms with Gasteiger partial charge < -0.3 is 14.8 Å². The number of hydrogen-bond donors (Lipinski definition) is 1. The van der Waals surface area contributed by atoms with E-state index in [1.807, 2.05) is 31.2 Å². The zero-order valence-corrected chi connectivity index (χ0v) is 19.9. The van der Waals surface area contributed by atoms with Gasteiger partial charge in [0.2, 0.25) is 0 Å². The normalized spacial score (nSPS) is 10.8. The summed E-state index contributed by atoms with van der Waals surface area (Å²) in [7, 11) is 0. The molecular formula is C24H24BrCl2NO2. The molecule has 3 aromatic carbocycles. The summed E-state index contributed by atoms with van der Waals surface area (Å²) in [6.07, 6.45) is 0.986. The summed E-state index contributed by atoms with van der Waals surface area (Å²) in [4.78, 5) is 0. The molecule has 0 saturated heterocycles. The van der Waals surface area contributed by atoms with Crippen LogP contribution in [0.5, 0.6) is 11.5 Å². The summed E-state index contributed by atoms with van der Waals surface area (Å²) in [6, 6.07) is 19.9. The smallest absolute Gasteiger partial charge is 0.175 e. The minimum absolute atomic E-state index is 0.256. The summed E-state index contributed by atoms with van der Waals surface area (Å²) in [6.45, 7) is 4.39. The van der Waals surface area contributed by atoms with E-state index in [-0.39, 0.29) is 6.61 Å². The molecule has 3 rings (SSSR count). The minimum atomic E-state index is 0.256. The third kappa shape index (κ3) is 6.39. The summed E-state index contributed by atoms with van der Waals surface area (Å²) in [5.41, 5.74) is 3.19. The van der Waals surface area contributed by atoms with Gasteiger partial charge in [0.25, 0.3) is 0 Å². The van der Waals surface area contributed by atoms with Gasteiger partial charge in [-0.1, -0.05) is 59.6 Å². The molecule has 30 heavy (non-hydrogen) atoms. The lowest BCUT2D eigenvalue weighted by Crippen LogP contribution is -2.16. The van der Waals surface area contributed by atoms with Crippen LogP contribution in [0, 0.1) is 0 Å². The largest absolute Gasteiger partial charge is 0.490 e. The Morgan fingerprint density at radius 2 is 1.63 bits per heavy atom. The van der Waals surface area contributed by atoms with Crippen molar-refractivity contribution in [3.8, 4) is 11.5 Å². The van der Waals surface area contributed by atoms with Crippen molar-refractivity contribution in [2.24, 2.45) is 0 Å². The first-order valence-corrected chi connectivity index (χ1v) is 11.4. The average molecular weight is 509 g/mol. The van der Waals surface area contributed by atoms with E-state index in [0.29, 0.717) is 28.2 Å². The van der Waals surface area contributed by atoms with Crippen LogP contribution in [0.3, 0.4) is 0 Å². The zero-order chi connectivity index (χ0) is 21.3. The van der Waals surface area contributed by atoms with Gasteiger partial charge in [0, 0.05) is 22.2 Å². The van der Waals surface area contributed by atoms with E-state index in [2.05, 4.69) is 45.5 Å². The van der Waals surface area contributed by atoms with Gasteiger partial charge in [-0.2, -0.15) is 0 Å². The summed E-state index contributed by atoms with van der Waals surface area (Å²) in [5, 5.41) is 4.65. The molecule has 0 atom stereocenters. The molecule has 0 aliphatic carbocycles. The van der Waals surface area contributed by atoms with E-state index >= 15 is 0 Å². The molecule has 0 aliphatic heterocycles. The van der Waals surface area contributed by atoms with Crippen LogP contribution in [0.25, 0.3) is 0 Å². The highest BCUT2D eigenvalue weighted by atomic mass is 79.9. The maximum Gasteiger partial charge on any atom is 0.175 e. The van der Waals surface area contributed by atoms with Crippen LogP contribution in [0.4, 0.5) is 0 Å². The molecule has 1 N–H and O–H groups in total. The van der Waals surface area contributed by atoms with Gasteiger partial charge in [-0.3, -0.25) is 0 Å². The summed E-state index contributed by atoms with van der Waals surface area (Å²) in [5.74, 6) is 1.33. The average Bonchev–Trinajstić information content (AvgIpc) is 2.73. The first kappa shape index (κ1) is 23.0. The van der Waals surface area contributed by atoms with Gasteiger partial charge in [0.15, 0.2) is 11.5 Å². The molecule has 6 heteroatoms. The van der Waals surface area contributed by atoms with Crippen molar-refractivity contribution in [1.29, 1.82) is 0 Å². The Kier molecular flexibility index (Phi) is 8.88. The van der Waals surface area contributed by atoms with E-state index < -0.39 is 0 Å². The van der Waals surface area contributed by atoms with Crippen LogP contribution >= 0.6 is 39.1 Å². The fourth-order valence-electron chi connectivity index (χ4n) is 3.05. The van der Waals surface area contributed by atoms with E-state index in [0.717, 1.165) is 35.1 Å². The maximum absolute atomic E-state index is 6.26. The van der Waals surface area contributed by atoms with Crippen LogP contribution < -0.4 is 14.8 Å². The molecule has 0 aliphatic rings. The Morgan fingerprint density at radius 1 is 0.900 bits per heavy atom. The third-order valence-electron chi connectivity index (χ3n) is 4.55. The number of nitrogens with one attached hydrogen (secondary N) is 1. The molecule has 0 fully saturated rings. The Morgan fingerprint density at radius 3 is 2.33 bits per heavy atom. The lowest BCUT2D eigenvalue weighted by molar-refractivity contribution is 0.267. The quantitative estimate of drug-likeness (QED) is 0.297. The van der Waals surface area contributed by atoms with E-state index in [1.54, 1.807) is 12.1 Å². The zero-order valence-electron chi connectivity index (χ0n) is 16.8. The molecule has 0 amide bonds. The van der Waals surface area contributed by atoms with E-state index in [9.17, 15) is 0 Å². The van der Waals surface area contributed by atoms with Crippen molar-refractivity contribution in [1.82, 2.24) is 5.32 Å². The molecule has 0 heterocycles. The lowest BCUT2D eigenvalue weighted by Gasteiger charge is -2.17. The number of halogens is 3. The molecule has 0 radical (unpaired) electrons. The van der Waals surface area contributed by atoms with Gasteiger partial charge in [-0.25, -0.2) is 0 Å². The highest BCUT2D eigenvalue weighted by Gasteiger charge is 2.14. The number of rotatable bonds is 10. The second-order valence-electron chi connectivity index (χ2n) is 6.74. The highest BCUT2D eigenvalue weighted by Crippen LogP contribution is 2.38. The van der Waals surface area contributed by atoms with Crippen LogP contribution in [-0.4, -0.2) is 13.2 Å². The van der Waals surface area contributed by atoms with Crippen LogP contribution in [0.1, 0.15) is 23.6 Å². The first-order chi connectivity index (χ1) is 14.6. The Bertz CT molecular complexity index is 947. The molecule has 0 unspecified atom stereocenters. The predicted octanol–water partition coefficient (Wildman–Crippen LogP) is 7.07. The van der Waals surface area contributed by atoms with E-state index in [4.69, 9.17) is 32.7 Å². The Balaban J connectivity index is 1.66. The van der Waals surface area contributed by atoms with Crippen LogP contribution in [0.15, 0.2) is 65.1 Å². The Labute approximate surface area is 196 Å². The molecule has 0 bridgehead atoms. The lowest BCUT2D eigenvalue weighted by atomic mass is 10.1. The van der Waals surface area contributed by atoms with Gasteiger partial charge in [-0.05, 0) is 71.2 Å². The second-order valence-corrected chi connectivity index (χ2v) is 8.41. The van der Waals surface area contributed by atoms with Crippen molar-refractivity contribution in [3.63, 3.8) is 0 Å². The van der Waals surface area contributed by atoms with E-state index in [1.165, 1.54) is 5.56 Å². The molecule has 0 saturated carbocycles. The summed E-state index contributed by atoms with van der Waals surface area (Å²) < 4.78 is 12.7. The Hall–Kier alpha value is -1.72. The highest BCUT2D eigenvalue weighted by molar-refractivity contribution is 9.10. The fraction of sp³-hybridized carbons (Fsp3) is 0.250. The molecule has 3 aromatic rings. The SMILES string of the molecule is CCOc1cc(CNCCc2ccccc2)cc(Br)c1OCc1c(Cl)cccc1Cl. The standard InChI is InChI=1S/C24H24BrCl2NO2/c1-2-29-23-14-18(15-28-12-11-17-7-4-3-5-8-17)13-20(25)24(23)30-16-19-21(26)9-6-10-22(19)27/h3-10,13-14,28H,2,11-12,15-16H2,1H3. The van der Waals surface area contributed by atoms with Crippen molar-refractivity contribution >= 4 is 39.1 Å². The molecule has 0 spiro atoms. The monoisotopic (exact) mass is 507 g/mol. The molecule has 158 valence electrons. The molecule has 0 aromatic heterocycles. The first-order valence-electron chi connectivity index (χ1n) is 9.84. The number of benzene rings is 3. The predicted molar refractivity (Wildman–Crippen MR) is 128 cm³/mol. The van der Waals surface area contributed by atoms with Gasteiger partial charge >= 0.3 is 0 Å². The van der Waals surface area contributed by atoms with Crippen molar-refractivity contribution in [2.75, 3.05) is 13.2 Å². The molecule has 3 nitrogen and oxygen atoms in total. The topological polar surface area (TPSA) is 30.5 Å². The van der Waals surface area contributed by atoms with Gasteiger partial charge in [0.1, 0.15) is 6.61 Å². The second kappa shape index (κ2) is 11.6. The maximum atomic E-state index is 6.26. The summed E-state index contributed by atoms with van der Waals surface area (Å²) >= 11 is 16.1.